The van der Waals surface area contributed by atoms with Gasteiger partial charge in [0.1, 0.15) is 67.1 Å². The molecule has 1 unspecified atom stereocenters. The van der Waals surface area contributed by atoms with Gasteiger partial charge in [0.2, 0.25) is 0 Å². The summed E-state index contributed by atoms with van der Waals surface area (Å²) in [5.41, 5.74) is 0. The molecule has 11 N–H and O–H groups in total. The number of rotatable bonds is 7. The lowest BCUT2D eigenvalue weighted by molar-refractivity contribution is -0.361. The first kappa shape index (κ1) is 28.4. The third kappa shape index (κ3) is 5.74. The fraction of sp³-hybridized carbons (Fsp3) is 0.944. The largest absolute Gasteiger partial charge is 0.479 e. The van der Waals surface area contributed by atoms with E-state index in [1.807, 2.05) is 0 Å². The van der Waals surface area contributed by atoms with E-state index in [0.717, 1.165) is 0 Å². The molecule has 3 heterocycles. The molecule has 0 aromatic carbocycles. The average molecular weight is 518 g/mol. The molecule has 0 aromatic heterocycles. The van der Waals surface area contributed by atoms with E-state index in [1.54, 1.807) is 0 Å². The summed E-state index contributed by atoms with van der Waals surface area (Å²) >= 11 is 0. The van der Waals surface area contributed by atoms with Crippen LogP contribution in [-0.4, -0.2) is 167 Å². The van der Waals surface area contributed by atoms with E-state index in [9.17, 15) is 55.9 Å². The van der Waals surface area contributed by atoms with Crippen molar-refractivity contribution in [1.82, 2.24) is 0 Å². The Bertz CT molecular complexity index is 709. The van der Waals surface area contributed by atoms with Gasteiger partial charge in [-0.3, -0.25) is 0 Å². The molecule has 0 amide bonds. The molecule has 3 rings (SSSR count). The first-order chi connectivity index (χ1) is 16.4. The minimum absolute atomic E-state index is 0.726. The van der Waals surface area contributed by atoms with Crippen molar-refractivity contribution in [3.05, 3.63) is 0 Å². The lowest BCUT2D eigenvalue weighted by Crippen LogP contribution is -2.65. The summed E-state index contributed by atoms with van der Waals surface area (Å²) in [5.74, 6) is -1.66. The van der Waals surface area contributed by atoms with Gasteiger partial charge in [0, 0.05) is 0 Å². The van der Waals surface area contributed by atoms with Crippen molar-refractivity contribution in [2.45, 2.75) is 92.1 Å². The third-order valence-corrected chi connectivity index (χ3v) is 6.04. The second-order valence-corrected chi connectivity index (χ2v) is 8.41. The van der Waals surface area contributed by atoms with Crippen molar-refractivity contribution in [3.8, 4) is 0 Å². The molecule has 3 aliphatic heterocycles. The quantitative estimate of drug-likeness (QED) is 0.149. The molecule has 15 atom stereocenters. The Balaban J connectivity index is 1.68. The Morgan fingerprint density at radius 3 is 1.86 bits per heavy atom. The molecule has 0 aliphatic carbocycles. The number of carbonyl (C=O) groups is 1. The van der Waals surface area contributed by atoms with E-state index in [-0.39, 0.29) is 0 Å². The second kappa shape index (κ2) is 11.5. The predicted octanol–water partition coefficient (Wildman–Crippen LogP) is -7.48. The Morgan fingerprint density at radius 2 is 1.26 bits per heavy atom. The molecule has 0 saturated carbocycles. The van der Waals surface area contributed by atoms with E-state index in [4.69, 9.17) is 28.8 Å². The number of aliphatic hydroxyl groups is 10. The van der Waals surface area contributed by atoms with Gasteiger partial charge in [-0.15, -0.1) is 0 Å². The summed E-state index contributed by atoms with van der Waals surface area (Å²) in [7, 11) is 0. The Kier molecular flexibility index (Phi) is 9.35. The van der Waals surface area contributed by atoms with Crippen molar-refractivity contribution in [2.75, 3.05) is 13.2 Å². The highest BCUT2D eigenvalue weighted by molar-refractivity contribution is 5.73. The second-order valence-electron chi connectivity index (χ2n) is 8.41. The van der Waals surface area contributed by atoms with Gasteiger partial charge in [-0.2, -0.15) is 0 Å². The number of carboxylic acid groups (broad SMARTS) is 1. The number of hydrogen-bond acceptors (Lipinski definition) is 16. The zero-order valence-electron chi connectivity index (χ0n) is 17.9. The Hall–Kier alpha value is -1.13. The van der Waals surface area contributed by atoms with Crippen molar-refractivity contribution in [3.63, 3.8) is 0 Å². The minimum atomic E-state index is -1.97. The van der Waals surface area contributed by atoms with Crippen LogP contribution in [0.15, 0.2) is 0 Å². The standard InChI is InChI=1S/C18H30O17/c19-1-3-13(9(24)10(25)16(30)32-3)34-18-12(27)6(21)5(20)4(33-18)2-31-17-11(26)7(22)8(23)14(35-17)15(28)29/h3-14,16-27,30H,1-2H2,(H,28,29)/t3-,4-,5+,6+,7+,8+,9-,10-,11-,12-,13-,14+,16+,17?,18+/m1/s1. The highest BCUT2D eigenvalue weighted by Crippen LogP contribution is 2.30. The van der Waals surface area contributed by atoms with Gasteiger partial charge in [0.05, 0.1) is 13.2 Å². The summed E-state index contributed by atoms with van der Waals surface area (Å²) in [4.78, 5) is 11.2. The van der Waals surface area contributed by atoms with Crippen LogP contribution in [0.3, 0.4) is 0 Å². The van der Waals surface area contributed by atoms with Gasteiger partial charge >= 0.3 is 5.97 Å². The molecule has 3 saturated heterocycles. The van der Waals surface area contributed by atoms with Crippen molar-refractivity contribution < 1.29 is 84.7 Å². The maximum Gasteiger partial charge on any atom is 0.335 e. The summed E-state index contributed by atoms with van der Waals surface area (Å²) in [6.07, 6.45) is -27.0. The molecular weight excluding hydrogens is 488 g/mol. The van der Waals surface area contributed by atoms with Crippen LogP contribution in [0.25, 0.3) is 0 Å². The van der Waals surface area contributed by atoms with E-state index < -0.39 is 111 Å². The van der Waals surface area contributed by atoms with E-state index >= 15 is 0 Å². The van der Waals surface area contributed by atoms with Crippen LogP contribution in [-0.2, 0) is 28.5 Å². The molecule has 17 nitrogen and oxygen atoms in total. The highest BCUT2D eigenvalue weighted by Gasteiger charge is 2.51. The smallest absolute Gasteiger partial charge is 0.335 e. The number of ether oxygens (including phenoxy) is 5. The fourth-order valence-electron chi connectivity index (χ4n) is 3.94. The van der Waals surface area contributed by atoms with Gasteiger partial charge in [-0.25, -0.2) is 4.79 Å². The summed E-state index contributed by atoms with van der Waals surface area (Å²) in [5, 5.41) is 108. The van der Waals surface area contributed by atoms with Crippen LogP contribution in [0.5, 0.6) is 0 Å². The molecular formula is C18H30O17. The SMILES string of the molecule is O=C(O)[C@H]1OC(OC[C@H]2O[C@@H](O[C@H]3[C@H](O)[C@@H](O)[C@@H](O)O[C@@H]3CO)[C@H](O)[C@@H](O)[C@H]2O)[C@H](O)[C@@H](O)[C@@H]1O. The van der Waals surface area contributed by atoms with Crippen molar-refractivity contribution in [1.29, 1.82) is 0 Å². The predicted molar refractivity (Wildman–Crippen MR) is 102 cm³/mol. The van der Waals surface area contributed by atoms with Crippen molar-refractivity contribution >= 4 is 5.97 Å². The van der Waals surface area contributed by atoms with Crippen molar-refractivity contribution in [2.24, 2.45) is 0 Å². The lowest BCUT2D eigenvalue weighted by atomic mass is 9.97. The van der Waals surface area contributed by atoms with Gasteiger partial charge < -0.3 is 79.9 Å². The maximum atomic E-state index is 11.2. The zero-order valence-corrected chi connectivity index (χ0v) is 17.9. The molecule has 0 bridgehead atoms. The molecule has 17 heteroatoms. The Labute approximate surface area is 196 Å². The monoisotopic (exact) mass is 518 g/mol. The number of hydrogen-bond donors (Lipinski definition) is 11. The number of carboxylic acids is 1. The molecule has 3 fully saturated rings. The van der Waals surface area contributed by atoms with Gasteiger partial charge in [-0.05, 0) is 0 Å². The normalized spacial score (nSPS) is 51.2. The highest BCUT2D eigenvalue weighted by atomic mass is 16.7. The summed E-state index contributed by atoms with van der Waals surface area (Å²) in [6, 6.07) is 0. The third-order valence-electron chi connectivity index (χ3n) is 6.04. The topological polar surface area (TPSA) is 286 Å². The average Bonchev–Trinajstić information content (AvgIpc) is 2.82. The van der Waals surface area contributed by atoms with E-state index in [2.05, 4.69) is 0 Å². The lowest BCUT2D eigenvalue weighted by Gasteiger charge is -2.45. The summed E-state index contributed by atoms with van der Waals surface area (Å²) in [6.45, 7) is -1.52. The first-order valence-electron chi connectivity index (χ1n) is 10.6. The minimum Gasteiger partial charge on any atom is -0.479 e. The molecule has 0 spiro atoms. The number of aliphatic carboxylic acids is 1. The van der Waals surface area contributed by atoms with Crippen LogP contribution < -0.4 is 0 Å². The summed E-state index contributed by atoms with van der Waals surface area (Å²) < 4.78 is 25.8. The van der Waals surface area contributed by atoms with Gasteiger partial charge in [0.15, 0.2) is 25.0 Å². The van der Waals surface area contributed by atoms with Gasteiger partial charge in [-0.1, -0.05) is 0 Å². The van der Waals surface area contributed by atoms with Crippen LogP contribution in [0.2, 0.25) is 0 Å². The molecule has 0 radical (unpaired) electrons. The number of aliphatic hydroxyl groups excluding tert-OH is 10. The molecule has 0 aromatic rings. The van der Waals surface area contributed by atoms with E-state index in [0.29, 0.717) is 0 Å². The van der Waals surface area contributed by atoms with Crippen LogP contribution in [0.4, 0.5) is 0 Å². The van der Waals surface area contributed by atoms with Gasteiger partial charge in [0.25, 0.3) is 0 Å². The maximum absolute atomic E-state index is 11.2. The Morgan fingerprint density at radius 1 is 0.657 bits per heavy atom. The van der Waals surface area contributed by atoms with E-state index in [1.165, 1.54) is 0 Å². The molecule has 3 aliphatic rings. The zero-order chi connectivity index (χ0) is 26.2. The molecule has 204 valence electrons. The first-order valence-corrected chi connectivity index (χ1v) is 10.6. The van der Waals surface area contributed by atoms with Crippen LogP contribution >= 0.6 is 0 Å². The van der Waals surface area contributed by atoms with Crippen LogP contribution in [0, 0.1) is 0 Å². The van der Waals surface area contributed by atoms with Crippen LogP contribution in [0.1, 0.15) is 0 Å². The molecule has 35 heavy (non-hydrogen) atoms. The fourth-order valence-corrected chi connectivity index (χ4v) is 3.94.